The fourth-order valence-electron chi connectivity index (χ4n) is 3.13. The minimum absolute atomic E-state index is 0.160. The summed E-state index contributed by atoms with van der Waals surface area (Å²) >= 11 is 0. The van der Waals surface area contributed by atoms with Crippen molar-refractivity contribution < 1.29 is 28.3 Å². The summed E-state index contributed by atoms with van der Waals surface area (Å²) in [5, 5.41) is 3.95. The Morgan fingerprint density at radius 3 is 2.42 bits per heavy atom. The van der Waals surface area contributed by atoms with Crippen molar-refractivity contribution in [1.29, 1.82) is 0 Å². The summed E-state index contributed by atoms with van der Waals surface area (Å²) in [6.07, 6.45) is 0. The zero-order valence-corrected chi connectivity index (χ0v) is 18.2. The fourth-order valence-corrected chi connectivity index (χ4v) is 3.13. The average molecular weight is 446 g/mol. The fraction of sp³-hybridized carbons (Fsp3) is 0.160. The molecule has 0 saturated carbocycles. The van der Waals surface area contributed by atoms with Crippen LogP contribution in [0.4, 0.5) is 0 Å². The van der Waals surface area contributed by atoms with Gasteiger partial charge in [-0.1, -0.05) is 41.6 Å². The molecular formula is C25H22N2O6. The van der Waals surface area contributed by atoms with Crippen LogP contribution in [0.15, 0.2) is 77.3 Å². The molecule has 8 heteroatoms. The standard InChI is InChI=1S/C25H22N2O6/c1-29-21-13-12-17(14-22(21)30-2)24-26-23(33-27-24)16-32-25(28)20-11-7-6-8-18(20)15-31-19-9-4-3-5-10-19/h3-14H,15-16H2,1-2H3. The molecule has 0 amide bonds. The Bertz CT molecular complexity index is 1220. The van der Waals surface area contributed by atoms with Gasteiger partial charge in [0.15, 0.2) is 18.1 Å². The molecule has 0 fully saturated rings. The monoisotopic (exact) mass is 446 g/mol. The van der Waals surface area contributed by atoms with Gasteiger partial charge in [0.2, 0.25) is 5.82 Å². The van der Waals surface area contributed by atoms with Crippen LogP contribution in [0.25, 0.3) is 11.4 Å². The molecule has 0 N–H and O–H groups in total. The van der Waals surface area contributed by atoms with Crippen molar-refractivity contribution in [2.45, 2.75) is 13.2 Å². The molecule has 4 aromatic rings. The molecule has 0 atom stereocenters. The maximum Gasteiger partial charge on any atom is 0.339 e. The molecule has 3 aromatic carbocycles. The smallest absolute Gasteiger partial charge is 0.339 e. The topological polar surface area (TPSA) is 92.9 Å². The molecule has 0 aliphatic carbocycles. The third-order valence-corrected chi connectivity index (χ3v) is 4.81. The van der Waals surface area contributed by atoms with E-state index in [4.69, 9.17) is 23.5 Å². The minimum atomic E-state index is -0.506. The van der Waals surface area contributed by atoms with E-state index >= 15 is 0 Å². The molecule has 0 aliphatic heterocycles. The molecule has 33 heavy (non-hydrogen) atoms. The zero-order chi connectivity index (χ0) is 23.0. The van der Waals surface area contributed by atoms with Gasteiger partial charge in [0, 0.05) is 11.1 Å². The van der Waals surface area contributed by atoms with Gasteiger partial charge in [-0.2, -0.15) is 4.98 Å². The maximum atomic E-state index is 12.7. The second-order valence-corrected chi connectivity index (χ2v) is 6.92. The first-order valence-electron chi connectivity index (χ1n) is 10.2. The van der Waals surface area contributed by atoms with Gasteiger partial charge in [-0.25, -0.2) is 4.79 Å². The van der Waals surface area contributed by atoms with Gasteiger partial charge < -0.3 is 23.5 Å². The lowest BCUT2D eigenvalue weighted by Gasteiger charge is -2.10. The van der Waals surface area contributed by atoms with Gasteiger partial charge in [0.1, 0.15) is 12.4 Å². The highest BCUT2D eigenvalue weighted by Gasteiger charge is 2.16. The Morgan fingerprint density at radius 1 is 0.879 bits per heavy atom. The maximum absolute atomic E-state index is 12.7. The van der Waals surface area contributed by atoms with E-state index in [1.165, 1.54) is 0 Å². The van der Waals surface area contributed by atoms with Gasteiger partial charge >= 0.3 is 5.97 Å². The third kappa shape index (κ3) is 5.30. The van der Waals surface area contributed by atoms with Crippen molar-refractivity contribution in [3.05, 3.63) is 89.8 Å². The number of nitrogens with zero attached hydrogens (tertiary/aromatic N) is 2. The van der Waals surface area contributed by atoms with Gasteiger partial charge in [-0.3, -0.25) is 0 Å². The lowest BCUT2D eigenvalue weighted by molar-refractivity contribution is 0.0427. The zero-order valence-electron chi connectivity index (χ0n) is 18.2. The molecule has 0 unspecified atom stereocenters. The summed E-state index contributed by atoms with van der Waals surface area (Å²) < 4.78 is 26.9. The van der Waals surface area contributed by atoms with E-state index in [2.05, 4.69) is 10.1 Å². The van der Waals surface area contributed by atoms with Gasteiger partial charge in [-0.05, 0) is 36.4 Å². The predicted octanol–water partition coefficient (Wildman–Crippen LogP) is 4.69. The molecule has 1 aromatic heterocycles. The largest absolute Gasteiger partial charge is 0.493 e. The number of hydrogen-bond donors (Lipinski definition) is 0. The van der Waals surface area contributed by atoms with Gasteiger partial charge in [0.05, 0.1) is 19.8 Å². The molecule has 0 saturated heterocycles. The third-order valence-electron chi connectivity index (χ3n) is 4.81. The summed E-state index contributed by atoms with van der Waals surface area (Å²) in [4.78, 5) is 17.0. The highest BCUT2D eigenvalue weighted by Crippen LogP contribution is 2.31. The Morgan fingerprint density at radius 2 is 1.64 bits per heavy atom. The number of hydrogen-bond acceptors (Lipinski definition) is 8. The molecule has 8 nitrogen and oxygen atoms in total. The predicted molar refractivity (Wildman–Crippen MR) is 119 cm³/mol. The van der Waals surface area contributed by atoms with Crippen LogP contribution >= 0.6 is 0 Å². The van der Waals surface area contributed by atoms with E-state index in [1.54, 1.807) is 44.6 Å². The van der Waals surface area contributed by atoms with E-state index in [1.807, 2.05) is 42.5 Å². The van der Waals surface area contributed by atoms with E-state index in [9.17, 15) is 4.79 Å². The number of benzene rings is 3. The summed E-state index contributed by atoms with van der Waals surface area (Å²) in [6.45, 7) is 0.0757. The number of esters is 1. The van der Waals surface area contributed by atoms with Crippen molar-refractivity contribution >= 4 is 5.97 Å². The molecule has 0 radical (unpaired) electrons. The van der Waals surface area contributed by atoms with E-state index in [0.29, 0.717) is 39.8 Å². The average Bonchev–Trinajstić information content (AvgIpc) is 3.35. The number of para-hydroxylation sites is 1. The van der Waals surface area contributed by atoms with Crippen LogP contribution in [-0.4, -0.2) is 30.3 Å². The molecule has 0 bridgehead atoms. The summed E-state index contributed by atoms with van der Waals surface area (Å²) in [6, 6.07) is 21.8. The SMILES string of the molecule is COc1ccc(-c2noc(COC(=O)c3ccccc3COc3ccccc3)n2)cc1OC. The highest BCUT2D eigenvalue weighted by atomic mass is 16.6. The first kappa shape index (κ1) is 21.9. The van der Waals surface area contributed by atoms with Gasteiger partial charge in [-0.15, -0.1) is 0 Å². The van der Waals surface area contributed by atoms with Gasteiger partial charge in [0.25, 0.3) is 5.89 Å². The molecule has 1 heterocycles. The first-order chi connectivity index (χ1) is 16.2. The van der Waals surface area contributed by atoms with Crippen LogP contribution < -0.4 is 14.2 Å². The Labute approximate surface area is 190 Å². The Balaban J connectivity index is 1.40. The summed E-state index contributed by atoms with van der Waals surface area (Å²) in [7, 11) is 3.11. The molecule has 0 aliphatic rings. The number of methoxy groups -OCH3 is 2. The van der Waals surface area contributed by atoms with Crippen molar-refractivity contribution in [2.24, 2.45) is 0 Å². The first-order valence-corrected chi connectivity index (χ1v) is 10.2. The molecule has 168 valence electrons. The number of aromatic nitrogens is 2. The van der Waals surface area contributed by atoms with Crippen LogP contribution in [0.3, 0.4) is 0 Å². The lowest BCUT2D eigenvalue weighted by atomic mass is 10.1. The van der Waals surface area contributed by atoms with Crippen molar-refractivity contribution in [2.75, 3.05) is 14.2 Å². The quantitative estimate of drug-likeness (QED) is 0.342. The number of rotatable bonds is 9. The van der Waals surface area contributed by atoms with E-state index in [-0.39, 0.29) is 19.1 Å². The number of carbonyl (C=O) groups excluding carboxylic acids is 1. The number of carbonyl (C=O) groups is 1. The Hall–Kier alpha value is -4.33. The van der Waals surface area contributed by atoms with Crippen molar-refractivity contribution in [3.63, 3.8) is 0 Å². The summed E-state index contributed by atoms with van der Waals surface area (Å²) in [5.74, 6) is 1.86. The van der Waals surface area contributed by atoms with Crippen molar-refractivity contribution in [3.8, 4) is 28.6 Å². The van der Waals surface area contributed by atoms with Crippen molar-refractivity contribution in [1.82, 2.24) is 10.1 Å². The van der Waals surface area contributed by atoms with E-state index < -0.39 is 5.97 Å². The van der Waals surface area contributed by atoms with Crippen LogP contribution in [0.5, 0.6) is 17.2 Å². The highest BCUT2D eigenvalue weighted by molar-refractivity contribution is 5.91. The second-order valence-electron chi connectivity index (χ2n) is 6.92. The van der Waals surface area contributed by atoms with Crippen LogP contribution in [0.2, 0.25) is 0 Å². The Kier molecular flexibility index (Phi) is 6.84. The van der Waals surface area contributed by atoms with Crippen LogP contribution in [-0.2, 0) is 18.0 Å². The summed E-state index contributed by atoms with van der Waals surface area (Å²) in [5.41, 5.74) is 1.80. The van der Waals surface area contributed by atoms with Crippen LogP contribution in [0, 0.1) is 0 Å². The molecular weight excluding hydrogens is 424 g/mol. The van der Waals surface area contributed by atoms with Crippen LogP contribution in [0.1, 0.15) is 21.8 Å². The molecule has 4 rings (SSSR count). The second kappa shape index (κ2) is 10.3. The normalized spacial score (nSPS) is 10.5. The number of ether oxygens (including phenoxy) is 4. The lowest BCUT2D eigenvalue weighted by Crippen LogP contribution is -2.10. The van der Waals surface area contributed by atoms with E-state index in [0.717, 1.165) is 0 Å². The minimum Gasteiger partial charge on any atom is -0.493 e. The molecule has 0 spiro atoms.